The van der Waals surface area contributed by atoms with E-state index in [1.807, 2.05) is 0 Å². The van der Waals surface area contributed by atoms with Gasteiger partial charge >= 0.3 is 0 Å². The lowest BCUT2D eigenvalue weighted by atomic mass is 10.0. The average molecular weight is 157 g/mol. The SMILES string of the molecule is CC1CCC(C)(C)N1CCO. The van der Waals surface area contributed by atoms with E-state index in [-0.39, 0.29) is 6.61 Å². The standard InChI is InChI=1S/C9H19NO/c1-8-4-5-9(2,3)10(8)6-7-11/h8,11H,4-7H2,1-3H3. The number of hydrogen-bond acceptors (Lipinski definition) is 2. The molecule has 11 heavy (non-hydrogen) atoms. The number of hydrogen-bond donors (Lipinski definition) is 1. The Hall–Kier alpha value is -0.0800. The summed E-state index contributed by atoms with van der Waals surface area (Å²) in [5, 5.41) is 8.84. The predicted molar refractivity (Wildman–Crippen MR) is 46.6 cm³/mol. The molecule has 2 nitrogen and oxygen atoms in total. The van der Waals surface area contributed by atoms with E-state index in [1.165, 1.54) is 12.8 Å². The normalized spacial score (nSPS) is 31.1. The zero-order valence-electron chi connectivity index (χ0n) is 7.80. The first kappa shape index (κ1) is 9.01. The fourth-order valence-corrected chi connectivity index (χ4v) is 2.09. The fraction of sp³-hybridized carbons (Fsp3) is 1.00. The molecule has 0 saturated carbocycles. The molecule has 1 fully saturated rings. The van der Waals surface area contributed by atoms with Gasteiger partial charge in [-0.3, -0.25) is 4.90 Å². The van der Waals surface area contributed by atoms with Gasteiger partial charge in [-0.15, -0.1) is 0 Å². The Morgan fingerprint density at radius 1 is 1.55 bits per heavy atom. The largest absolute Gasteiger partial charge is 0.395 e. The van der Waals surface area contributed by atoms with Crippen LogP contribution in [0.5, 0.6) is 0 Å². The van der Waals surface area contributed by atoms with Gasteiger partial charge in [0.2, 0.25) is 0 Å². The first-order chi connectivity index (χ1) is 5.08. The number of aliphatic hydroxyl groups excluding tert-OH is 1. The van der Waals surface area contributed by atoms with Crippen LogP contribution in [0.15, 0.2) is 0 Å². The van der Waals surface area contributed by atoms with E-state index in [1.54, 1.807) is 0 Å². The van der Waals surface area contributed by atoms with Crippen LogP contribution < -0.4 is 0 Å². The third kappa shape index (κ3) is 1.74. The minimum atomic E-state index is 0.285. The van der Waals surface area contributed by atoms with Crippen LogP contribution in [0.3, 0.4) is 0 Å². The molecule has 1 heterocycles. The zero-order chi connectivity index (χ0) is 8.48. The monoisotopic (exact) mass is 157 g/mol. The Morgan fingerprint density at radius 3 is 2.55 bits per heavy atom. The minimum absolute atomic E-state index is 0.285. The van der Waals surface area contributed by atoms with Crippen LogP contribution in [0.1, 0.15) is 33.6 Å². The Balaban J connectivity index is 2.57. The quantitative estimate of drug-likeness (QED) is 0.652. The summed E-state index contributed by atoms with van der Waals surface area (Å²) in [6, 6.07) is 0.650. The predicted octanol–water partition coefficient (Wildman–Crippen LogP) is 1.24. The maximum absolute atomic E-state index is 8.84. The lowest BCUT2D eigenvalue weighted by Crippen LogP contribution is -2.43. The molecule has 1 unspecified atom stereocenters. The van der Waals surface area contributed by atoms with Crippen LogP contribution in [-0.2, 0) is 0 Å². The van der Waals surface area contributed by atoms with Gasteiger partial charge in [-0.1, -0.05) is 0 Å². The molecule has 0 spiro atoms. The van der Waals surface area contributed by atoms with Crippen LogP contribution in [0, 0.1) is 0 Å². The fourth-order valence-electron chi connectivity index (χ4n) is 2.09. The molecule has 1 rings (SSSR count). The summed E-state index contributed by atoms with van der Waals surface area (Å²) in [4.78, 5) is 2.40. The lowest BCUT2D eigenvalue weighted by molar-refractivity contribution is 0.105. The topological polar surface area (TPSA) is 23.5 Å². The van der Waals surface area contributed by atoms with Crippen LogP contribution in [-0.4, -0.2) is 34.7 Å². The third-order valence-corrected chi connectivity index (χ3v) is 2.82. The van der Waals surface area contributed by atoms with Crippen LogP contribution >= 0.6 is 0 Å². The van der Waals surface area contributed by atoms with E-state index < -0.39 is 0 Å². The third-order valence-electron chi connectivity index (χ3n) is 2.82. The zero-order valence-corrected chi connectivity index (χ0v) is 7.80. The number of nitrogens with zero attached hydrogens (tertiary/aromatic N) is 1. The van der Waals surface area contributed by atoms with E-state index in [0.29, 0.717) is 11.6 Å². The van der Waals surface area contributed by atoms with Gasteiger partial charge in [-0.05, 0) is 33.6 Å². The van der Waals surface area contributed by atoms with E-state index in [0.717, 1.165) is 6.54 Å². The van der Waals surface area contributed by atoms with E-state index in [2.05, 4.69) is 25.7 Å². The summed E-state index contributed by atoms with van der Waals surface area (Å²) in [6.45, 7) is 7.87. The van der Waals surface area contributed by atoms with E-state index in [4.69, 9.17) is 5.11 Å². The highest BCUT2D eigenvalue weighted by molar-refractivity contribution is 4.92. The Kier molecular flexibility index (Phi) is 2.55. The van der Waals surface area contributed by atoms with Gasteiger partial charge in [0.25, 0.3) is 0 Å². The lowest BCUT2D eigenvalue weighted by Gasteiger charge is -2.33. The number of likely N-dealkylation sites (tertiary alicyclic amines) is 1. The second-order valence-corrected chi connectivity index (χ2v) is 4.12. The molecule has 0 aliphatic carbocycles. The highest BCUT2D eigenvalue weighted by Crippen LogP contribution is 2.32. The van der Waals surface area contributed by atoms with Crippen molar-refractivity contribution in [3.8, 4) is 0 Å². The molecule has 0 radical (unpaired) electrons. The maximum atomic E-state index is 8.84. The molecule has 0 bridgehead atoms. The van der Waals surface area contributed by atoms with Crippen molar-refractivity contribution in [1.82, 2.24) is 4.90 Å². The molecule has 2 heteroatoms. The molecule has 0 amide bonds. The minimum Gasteiger partial charge on any atom is -0.395 e. The summed E-state index contributed by atoms with van der Waals surface area (Å²) in [6.07, 6.45) is 2.53. The van der Waals surface area contributed by atoms with Gasteiger partial charge in [0.1, 0.15) is 0 Å². The first-order valence-corrected chi connectivity index (χ1v) is 4.45. The number of rotatable bonds is 2. The van der Waals surface area contributed by atoms with Crippen molar-refractivity contribution in [3.63, 3.8) is 0 Å². The molecule has 1 N–H and O–H groups in total. The van der Waals surface area contributed by atoms with Crippen LogP contribution in [0.4, 0.5) is 0 Å². The molecule has 66 valence electrons. The van der Waals surface area contributed by atoms with Crippen molar-refractivity contribution in [2.75, 3.05) is 13.2 Å². The molecular formula is C9H19NO. The van der Waals surface area contributed by atoms with Gasteiger partial charge in [-0.2, -0.15) is 0 Å². The van der Waals surface area contributed by atoms with Crippen LogP contribution in [0.25, 0.3) is 0 Å². The first-order valence-electron chi connectivity index (χ1n) is 4.45. The van der Waals surface area contributed by atoms with Gasteiger partial charge in [0, 0.05) is 18.1 Å². The number of β-amino-alcohol motifs (C(OH)–C–C–N with tert-alkyl or cyclic N) is 1. The average Bonchev–Trinajstić information content (AvgIpc) is 2.16. The van der Waals surface area contributed by atoms with Crippen molar-refractivity contribution in [2.24, 2.45) is 0 Å². The van der Waals surface area contributed by atoms with Gasteiger partial charge in [0.15, 0.2) is 0 Å². The second kappa shape index (κ2) is 3.11. The van der Waals surface area contributed by atoms with Crippen LogP contribution in [0.2, 0.25) is 0 Å². The van der Waals surface area contributed by atoms with Crippen molar-refractivity contribution in [2.45, 2.75) is 45.2 Å². The Morgan fingerprint density at radius 2 is 2.18 bits per heavy atom. The number of aliphatic hydroxyl groups is 1. The highest BCUT2D eigenvalue weighted by atomic mass is 16.3. The molecule has 1 atom stereocenters. The molecule has 0 aromatic carbocycles. The Bertz CT molecular complexity index is 134. The maximum Gasteiger partial charge on any atom is 0.0558 e. The highest BCUT2D eigenvalue weighted by Gasteiger charge is 2.35. The van der Waals surface area contributed by atoms with Gasteiger partial charge in [0.05, 0.1) is 6.61 Å². The molecule has 1 aliphatic heterocycles. The van der Waals surface area contributed by atoms with Gasteiger partial charge in [-0.25, -0.2) is 0 Å². The second-order valence-electron chi connectivity index (χ2n) is 4.12. The van der Waals surface area contributed by atoms with Crippen molar-refractivity contribution in [1.29, 1.82) is 0 Å². The van der Waals surface area contributed by atoms with Crippen molar-refractivity contribution in [3.05, 3.63) is 0 Å². The van der Waals surface area contributed by atoms with E-state index in [9.17, 15) is 0 Å². The molecular weight excluding hydrogens is 138 g/mol. The van der Waals surface area contributed by atoms with Crippen molar-refractivity contribution < 1.29 is 5.11 Å². The van der Waals surface area contributed by atoms with Crippen molar-refractivity contribution >= 4 is 0 Å². The summed E-state index contributed by atoms with van der Waals surface area (Å²) >= 11 is 0. The summed E-state index contributed by atoms with van der Waals surface area (Å²) < 4.78 is 0. The smallest absolute Gasteiger partial charge is 0.0558 e. The van der Waals surface area contributed by atoms with E-state index >= 15 is 0 Å². The summed E-state index contributed by atoms with van der Waals surface area (Å²) in [5.41, 5.74) is 0.308. The Labute approximate surface area is 69.2 Å². The van der Waals surface area contributed by atoms with Gasteiger partial charge < -0.3 is 5.11 Å². The summed E-state index contributed by atoms with van der Waals surface area (Å²) in [5.74, 6) is 0. The molecule has 0 aromatic heterocycles. The summed E-state index contributed by atoms with van der Waals surface area (Å²) in [7, 11) is 0. The molecule has 1 saturated heterocycles. The molecule has 0 aromatic rings. The molecule has 1 aliphatic rings.